The molecule has 3 nitrogen and oxygen atoms in total. The number of halogens is 1. The fourth-order valence-electron chi connectivity index (χ4n) is 2.55. The third-order valence-corrected chi connectivity index (χ3v) is 3.93. The van der Waals surface area contributed by atoms with Gasteiger partial charge in [-0.05, 0) is 50.6 Å². The van der Waals surface area contributed by atoms with Crippen LogP contribution < -0.4 is 10.2 Å². The van der Waals surface area contributed by atoms with E-state index in [2.05, 4.69) is 15.2 Å². The maximum atomic E-state index is 13.4. The highest BCUT2D eigenvalue weighted by molar-refractivity contribution is 5.47. The molecule has 0 aromatic carbocycles. The molecule has 2 saturated carbocycles. The minimum absolute atomic E-state index is 0.244. The zero-order valence-corrected chi connectivity index (χ0v) is 11.5. The minimum atomic E-state index is -0.244. The van der Waals surface area contributed by atoms with Gasteiger partial charge in [-0.3, -0.25) is 0 Å². The van der Waals surface area contributed by atoms with Crippen molar-refractivity contribution >= 4 is 5.82 Å². The molecule has 0 radical (unpaired) electrons. The molecule has 1 heterocycles. The SMILES string of the molecule is CNCc1cc(F)cnc1N(CC1CC1)CC1CC1. The number of pyridine rings is 1. The van der Waals surface area contributed by atoms with Gasteiger partial charge in [-0.2, -0.15) is 0 Å². The smallest absolute Gasteiger partial charge is 0.141 e. The molecular formula is C15H22FN3. The molecule has 1 N–H and O–H groups in total. The minimum Gasteiger partial charge on any atom is -0.356 e. The lowest BCUT2D eigenvalue weighted by Crippen LogP contribution is -2.30. The van der Waals surface area contributed by atoms with Crippen molar-refractivity contribution in [2.75, 3.05) is 25.0 Å². The number of aromatic nitrogens is 1. The van der Waals surface area contributed by atoms with Crippen LogP contribution in [0.2, 0.25) is 0 Å². The molecule has 2 aliphatic carbocycles. The van der Waals surface area contributed by atoms with Crippen molar-refractivity contribution in [3.63, 3.8) is 0 Å². The molecule has 0 spiro atoms. The molecule has 1 aromatic heterocycles. The van der Waals surface area contributed by atoms with E-state index in [4.69, 9.17) is 0 Å². The Morgan fingerprint density at radius 2 is 1.89 bits per heavy atom. The Kier molecular flexibility index (Phi) is 3.69. The fraction of sp³-hybridized carbons (Fsp3) is 0.667. The van der Waals surface area contributed by atoms with Gasteiger partial charge >= 0.3 is 0 Å². The highest BCUT2D eigenvalue weighted by Gasteiger charge is 2.30. The lowest BCUT2D eigenvalue weighted by atomic mass is 10.2. The van der Waals surface area contributed by atoms with Crippen molar-refractivity contribution in [3.8, 4) is 0 Å². The highest BCUT2D eigenvalue weighted by atomic mass is 19.1. The zero-order chi connectivity index (χ0) is 13.2. The van der Waals surface area contributed by atoms with Gasteiger partial charge in [-0.25, -0.2) is 9.37 Å². The van der Waals surface area contributed by atoms with Gasteiger partial charge in [0, 0.05) is 25.2 Å². The summed E-state index contributed by atoms with van der Waals surface area (Å²) < 4.78 is 13.4. The van der Waals surface area contributed by atoms with Crippen LogP contribution in [0.1, 0.15) is 31.2 Å². The van der Waals surface area contributed by atoms with E-state index in [0.717, 1.165) is 36.3 Å². The van der Waals surface area contributed by atoms with Gasteiger partial charge in [0.25, 0.3) is 0 Å². The van der Waals surface area contributed by atoms with Gasteiger partial charge in [-0.1, -0.05) is 0 Å². The van der Waals surface area contributed by atoms with Crippen LogP contribution in [0, 0.1) is 17.7 Å². The normalized spacial score (nSPS) is 18.6. The average molecular weight is 263 g/mol. The second kappa shape index (κ2) is 5.45. The van der Waals surface area contributed by atoms with E-state index >= 15 is 0 Å². The van der Waals surface area contributed by atoms with E-state index < -0.39 is 0 Å². The molecule has 0 unspecified atom stereocenters. The molecule has 2 fully saturated rings. The molecule has 19 heavy (non-hydrogen) atoms. The van der Waals surface area contributed by atoms with Gasteiger partial charge in [0.2, 0.25) is 0 Å². The molecule has 3 rings (SSSR count). The van der Waals surface area contributed by atoms with Gasteiger partial charge in [0.1, 0.15) is 11.6 Å². The Morgan fingerprint density at radius 3 is 2.42 bits per heavy atom. The summed E-state index contributed by atoms with van der Waals surface area (Å²) in [4.78, 5) is 6.76. The fourth-order valence-corrected chi connectivity index (χ4v) is 2.55. The Labute approximate surface area is 114 Å². The number of nitrogens with one attached hydrogen (secondary N) is 1. The predicted octanol–water partition coefficient (Wildman–Crippen LogP) is 2.57. The molecule has 1 aromatic rings. The molecule has 104 valence electrons. The molecule has 2 aliphatic rings. The molecule has 4 heteroatoms. The molecule has 0 amide bonds. The van der Waals surface area contributed by atoms with E-state index in [9.17, 15) is 4.39 Å². The maximum absolute atomic E-state index is 13.4. The first-order chi connectivity index (χ1) is 9.26. The average Bonchev–Trinajstić information content (AvgIpc) is 3.24. The van der Waals surface area contributed by atoms with E-state index in [1.807, 2.05) is 7.05 Å². The number of hydrogen-bond donors (Lipinski definition) is 1. The van der Waals surface area contributed by atoms with Gasteiger partial charge in [0.05, 0.1) is 6.20 Å². The molecule has 0 saturated heterocycles. The number of rotatable bonds is 7. The van der Waals surface area contributed by atoms with Crippen LogP contribution in [0.3, 0.4) is 0 Å². The van der Waals surface area contributed by atoms with E-state index in [-0.39, 0.29) is 5.82 Å². The predicted molar refractivity (Wildman–Crippen MR) is 74.6 cm³/mol. The monoisotopic (exact) mass is 263 g/mol. The summed E-state index contributed by atoms with van der Waals surface area (Å²) in [6.45, 7) is 2.85. The Bertz CT molecular complexity index is 427. The number of anilines is 1. The van der Waals surface area contributed by atoms with E-state index in [1.54, 1.807) is 6.07 Å². The topological polar surface area (TPSA) is 28.2 Å². The van der Waals surface area contributed by atoms with Crippen molar-refractivity contribution in [2.45, 2.75) is 32.2 Å². The van der Waals surface area contributed by atoms with Crippen LogP contribution in [0.25, 0.3) is 0 Å². The Morgan fingerprint density at radius 1 is 1.26 bits per heavy atom. The lowest BCUT2D eigenvalue weighted by Gasteiger charge is -2.26. The van der Waals surface area contributed by atoms with Crippen LogP contribution >= 0.6 is 0 Å². The number of nitrogens with zero attached hydrogens (tertiary/aromatic N) is 2. The zero-order valence-electron chi connectivity index (χ0n) is 11.5. The van der Waals surface area contributed by atoms with Gasteiger partial charge in [0.15, 0.2) is 0 Å². The first kappa shape index (κ1) is 12.9. The molecule has 0 atom stereocenters. The Hall–Kier alpha value is -1.16. The number of hydrogen-bond acceptors (Lipinski definition) is 3. The van der Waals surface area contributed by atoms with Crippen molar-refractivity contribution in [3.05, 3.63) is 23.6 Å². The largest absolute Gasteiger partial charge is 0.356 e. The van der Waals surface area contributed by atoms with Crippen LogP contribution in [0.4, 0.5) is 10.2 Å². The summed E-state index contributed by atoms with van der Waals surface area (Å²) in [6, 6.07) is 1.62. The van der Waals surface area contributed by atoms with Gasteiger partial charge < -0.3 is 10.2 Å². The molecular weight excluding hydrogens is 241 g/mol. The second-order valence-electron chi connectivity index (χ2n) is 5.96. The summed E-state index contributed by atoms with van der Waals surface area (Å²) in [7, 11) is 1.89. The Balaban J connectivity index is 1.81. The third kappa shape index (κ3) is 3.44. The summed E-state index contributed by atoms with van der Waals surface area (Å²) in [5, 5.41) is 3.11. The van der Waals surface area contributed by atoms with Crippen molar-refractivity contribution in [1.82, 2.24) is 10.3 Å². The molecule has 0 bridgehead atoms. The summed E-state index contributed by atoms with van der Waals surface area (Å²) in [6.07, 6.45) is 6.70. The van der Waals surface area contributed by atoms with E-state index in [1.165, 1.54) is 31.9 Å². The van der Waals surface area contributed by atoms with Crippen LogP contribution in [-0.2, 0) is 6.54 Å². The quantitative estimate of drug-likeness (QED) is 0.819. The summed E-state index contributed by atoms with van der Waals surface area (Å²) in [5.74, 6) is 2.39. The van der Waals surface area contributed by atoms with Crippen molar-refractivity contribution < 1.29 is 4.39 Å². The second-order valence-corrected chi connectivity index (χ2v) is 5.96. The molecule has 0 aliphatic heterocycles. The summed E-state index contributed by atoms with van der Waals surface area (Å²) >= 11 is 0. The van der Waals surface area contributed by atoms with Crippen molar-refractivity contribution in [2.24, 2.45) is 11.8 Å². The first-order valence-corrected chi connectivity index (χ1v) is 7.30. The standard InChI is InChI=1S/C15H22FN3/c1-17-7-13-6-14(16)8-18-15(13)19(9-11-2-3-11)10-12-4-5-12/h6,8,11-12,17H,2-5,7,9-10H2,1H3. The first-order valence-electron chi connectivity index (χ1n) is 7.30. The van der Waals surface area contributed by atoms with Crippen molar-refractivity contribution in [1.29, 1.82) is 0 Å². The third-order valence-electron chi connectivity index (χ3n) is 3.93. The lowest BCUT2D eigenvalue weighted by molar-refractivity contribution is 0.610. The van der Waals surface area contributed by atoms with E-state index in [0.29, 0.717) is 6.54 Å². The van der Waals surface area contributed by atoms with Crippen LogP contribution in [-0.4, -0.2) is 25.1 Å². The summed E-state index contributed by atoms with van der Waals surface area (Å²) in [5.41, 5.74) is 0.976. The van der Waals surface area contributed by atoms with Crippen LogP contribution in [0.15, 0.2) is 12.3 Å². The highest BCUT2D eigenvalue weighted by Crippen LogP contribution is 2.36. The maximum Gasteiger partial charge on any atom is 0.141 e. The van der Waals surface area contributed by atoms with Crippen LogP contribution in [0.5, 0.6) is 0 Å². The van der Waals surface area contributed by atoms with Gasteiger partial charge in [-0.15, -0.1) is 0 Å².